The molecule has 1 saturated heterocycles. The molecule has 3 rings (SSSR count). The monoisotopic (exact) mass is 324 g/mol. The molecule has 21 heavy (non-hydrogen) atoms. The maximum atomic E-state index is 12.4. The van der Waals surface area contributed by atoms with Crippen LogP contribution in [0, 0.1) is 4.77 Å². The van der Waals surface area contributed by atoms with Gasteiger partial charge in [-0.3, -0.25) is 5.10 Å². The highest BCUT2D eigenvalue weighted by atomic mass is 32.2. The summed E-state index contributed by atoms with van der Waals surface area (Å²) in [6.07, 6.45) is 1.87. The molecule has 8 heteroatoms. The number of sulfonamides is 1. The molecule has 1 N–H and O–H groups in total. The maximum Gasteiger partial charge on any atom is 0.243 e. The van der Waals surface area contributed by atoms with Gasteiger partial charge >= 0.3 is 0 Å². The van der Waals surface area contributed by atoms with Crippen LogP contribution in [0.4, 0.5) is 0 Å². The molecule has 1 aliphatic heterocycles. The average Bonchev–Trinajstić information content (AvgIpc) is 3.11. The van der Waals surface area contributed by atoms with Gasteiger partial charge in [-0.05, 0) is 49.3 Å². The number of aromatic nitrogens is 3. The summed E-state index contributed by atoms with van der Waals surface area (Å²) in [5.74, 6) is 0.685. The number of hydrogen-bond donors (Lipinski definition) is 1. The van der Waals surface area contributed by atoms with E-state index in [1.165, 1.54) is 4.31 Å². The Morgan fingerprint density at radius 2 is 1.81 bits per heavy atom. The van der Waals surface area contributed by atoms with Crippen molar-refractivity contribution >= 4 is 22.2 Å². The van der Waals surface area contributed by atoms with Gasteiger partial charge < -0.3 is 4.57 Å². The minimum atomic E-state index is -3.36. The topological polar surface area (TPSA) is 71.0 Å². The lowest BCUT2D eigenvalue weighted by atomic mass is 10.2. The lowest BCUT2D eigenvalue weighted by molar-refractivity contribution is 0.477. The van der Waals surface area contributed by atoms with Crippen LogP contribution in [-0.4, -0.2) is 40.6 Å². The summed E-state index contributed by atoms with van der Waals surface area (Å²) in [6.45, 7) is 1.22. The Bertz CT molecular complexity index is 799. The SMILES string of the molecule is Cn1c(-c2ccc(S(=O)(=O)N3CCCC3)cc2)n[nH]c1=S. The van der Waals surface area contributed by atoms with E-state index in [0.29, 0.717) is 28.6 Å². The molecule has 1 aromatic carbocycles. The van der Waals surface area contributed by atoms with Gasteiger partial charge in [-0.2, -0.15) is 9.40 Å². The van der Waals surface area contributed by atoms with Crippen molar-refractivity contribution in [2.75, 3.05) is 13.1 Å². The number of aromatic amines is 1. The normalized spacial score (nSPS) is 16.4. The Balaban J connectivity index is 1.94. The van der Waals surface area contributed by atoms with Gasteiger partial charge in [0.05, 0.1) is 4.90 Å². The summed E-state index contributed by atoms with van der Waals surface area (Å²) in [6, 6.07) is 6.77. The Morgan fingerprint density at radius 3 is 2.33 bits per heavy atom. The van der Waals surface area contributed by atoms with Crippen molar-refractivity contribution in [1.82, 2.24) is 19.1 Å². The molecule has 1 aromatic heterocycles. The highest BCUT2D eigenvalue weighted by Gasteiger charge is 2.27. The van der Waals surface area contributed by atoms with Crippen molar-refractivity contribution in [3.05, 3.63) is 29.0 Å². The van der Waals surface area contributed by atoms with E-state index in [0.717, 1.165) is 18.4 Å². The molecule has 6 nitrogen and oxygen atoms in total. The Labute approximate surface area is 128 Å². The summed E-state index contributed by atoms with van der Waals surface area (Å²) in [5, 5.41) is 6.86. The van der Waals surface area contributed by atoms with Crippen LogP contribution in [0.2, 0.25) is 0 Å². The number of H-pyrrole nitrogens is 1. The van der Waals surface area contributed by atoms with Gasteiger partial charge in [0.2, 0.25) is 10.0 Å². The van der Waals surface area contributed by atoms with Crippen LogP contribution in [0.1, 0.15) is 12.8 Å². The van der Waals surface area contributed by atoms with Gasteiger partial charge in [0, 0.05) is 25.7 Å². The van der Waals surface area contributed by atoms with E-state index in [-0.39, 0.29) is 0 Å². The second-order valence-electron chi connectivity index (χ2n) is 5.05. The van der Waals surface area contributed by atoms with Crippen LogP contribution in [-0.2, 0) is 17.1 Å². The second-order valence-corrected chi connectivity index (χ2v) is 7.37. The zero-order valence-corrected chi connectivity index (χ0v) is 13.2. The molecule has 1 fully saturated rings. The van der Waals surface area contributed by atoms with E-state index in [1.807, 2.05) is 7.05 Å². The predicted octanol–water partition coefficient (Wildman–Crippen LogP) is 1.93. The average molecular weight is 324 g/mol. The summed E-state index contributed by atoms with van der Waals surface area (Å²) in [4.78, 5) is 0.324. The predicted molar refractivity (Wildman–Crippen MR) is 81.8 cm³/mol. The van der Waals surface area contributed by atoms with E-state index in [1.54, 1.807) is 28.8 Å². The first-order valence-electron chi connectivity index (χ1n) is 6.72. The standard InChI is InChI=1S/C13H16N4O2S2/c1-16-12(14-15-13(16)20)10-4-6-11(7-5-10)21(18,19)17-8-2-3-9-17/h4-7H,2-3,8-9H2,1H3,(H,15,20). The zero-order chi connectivity index (χ0) is 15.0. The molecule has 2 aromatic rings. The third-order valence-corrected chi connectivity index (χ3v) is 5.97. The first-order valence-corrected chi connectivity index (χ1v) is 8.57. The maximum absolute atomic E-state index is 12.4. The van der Waals surface area contributed by atoms with Gasteiger partial charge in [0.15, 0.2) is 10.6 Å². The lowest BCUT2D eigenvalue weighted by Gasteiger charge is -2.15. The summed E-state index contributed by atoms with van der Waals surface area (Å²) >= 11 is 5.07. The van der Waals surface area contributed by atoms with E-state index in [4.69, 9.17) is 12.2 Å². The van der Waals surface area contributed by atoms with E-state index in [9.17, 15) is 8.42 Å². The van der Waals surface area contributed by atoms with Crippen molar-refractivity contribution in [3.63, 3.8) is 0 Å². The van der Waals surface area contributed by atoms with Gasteiger partial charge in [0.25, 0.3) is 0 Å². The van der Waals surface area contributed by atoms with E-state index < -0.39 is 10.0 Å². The molecule has 0 amide bonds. The molecule has 0 unspecified atom stereocenters. The van der Waals surface area contributed by atoms with Gasteiger partial charge in [-0.15, -0.1) is 0 Å². The lowest BCUT2D eigenvalue weighted by Crippen LogP contribution is -2.27. The Hall–Kier alpha value is -1.51. The molecule has 0 saturated carbocycles. The van der Waals surface area contributed by atoms with Crippen molar-refractivity contribution in [2.24, 2.45) is 7.05 Å². The van der Waals surface area contributed by atoms with Crippen LogP contribution in [0.15, 0.2) is 29.2 Å². The zero-order valence-electron chi connectivity index (χ0n) is 11.6. The molecular formula is C13H16N4O2S2. The number of nitrogens with zero attached hydrogens (tertiary/aromatic N) is 3. The van der Waals surface area contributed by atoms with E-state index in [2.05, 4.69) is 10.2 Å². The number of rotatable bonds is 3. The summed E-state index contributed by atoms with van der Waals surface area (Å²) < 4.78 is 28.7. The number of nitrogens with one attached hydrogen (secondary N) is 1. The van der Waals surface area contributed by atoms with E-state index >= 15 is 0 Å². The fourth-order valence-electron chi connectivity index (χ4n) is 2.46. The van der Waals surface area contributed by atoms with Crippen LogP contribution in [0.5, 0.6) is 0 Å². The van der Waals surface area contributed by atoms with Crippen molar-refractivity contribution < 1.29 is 8.42 Å². The van der Waals surface area contributed by atoms with Crippen LogP contribution >= 0.6 is 12.2 Å². The second kappa shape index (κ2) is 5.36. The van der Waals surface area contributed by atoms with Crippen LogP contribution in [0.3, 0.4) is 0 Å². The highest BCUT2D eigenvalue weighted by molar-refractivity contribution is 7.89. The van der Waals surface area contributed by atoms with Crippen LogP contribution < -0.4 is 0 Å². The molecule has 0 bridgehead atoms. The van der Waals surface area contributed by atoms with Gasteiger partial charge in [-0.1, -0.05) is 0 Å². The van der Waals surface area contributed by atoms with Gasteiger partial charge in [0.1, 0.15) is 0 Å². The molecule has 1 aliphatic rings. The van der Waals surface area contributed by atoms with Crippen molar-refractivity contribution in [2.45, 2.75) is 17.7 Å². The Morgan fingerprint density at radius 1 is 1.19 bits per heavy atom. The summed E-state index contributed by atoms with van der Waals surface area (Å²) in [5.41, 5.74) is 0.824. The largest absolute Gasteiger partial charge is 0.303 e. The summed E-state index contributed by atoms with van der Waals surface area (Å²) in [7, 11) is -1.55. The molecule has 2 heterocycles. The molecule has 0 radical (unpaired) electrons. The molecular weight excluding hydrogens is 308 g/mol. The Kier molecular flexibility index (Phi) is 3.68. The van der Waals surface area contributed by atoms with Crippen molar-refractivity contribution in [3.8, 4) is 11.4 Å². The number of benzene rings is 1. The van der Waals surface area contributed by atoms with Crippen LogP contribution in [0.25, 0.3) is 11.4 Å². The molecule has 0 spiro atoms. The number of hydrogen-bond acceptors (Lipinski definition) is 4. The fourth-order valence-corrected chi connectivity index (χ4v) is 4.11. The first kappa shape index (κ1) is 14.4. The molecule has 0 aliphatic carbocycles. The molecule has 0 atom stereocenters. The minimum Gasteiger partial charge on any atom is -0.303 e. The third kappa shape index (κ3) is 2.54. The van der Waals surface area contributed by atoms with Gasteiger partial charge in [-0.25, -0.2) is 8.42 Å². The molecule has 112 valence electrons. The fraction of sp³-hybridized carbons (Fsp3) is 0.385. The third-order valence-electron chi connectivity index (χ3n) is 3.70. The van der Waals surface area contributed by atoms with Crippen molar-refractivity contribution in [1.29, 1.82) is 0 Å². The highest BCUT2D eigenvalue weighted by Crippen LogP contribution is 2.23. The smallest absolute Gasteiger partial charge is 0.243 e. The first-order chi connectivity index (χ1) is 10.00. The quantitative estimate of drug-likeness (QED) is 0.876. The minimum absolute atomic E-state index is 0.324.